The van der Waals surface area contributed by atoms with Crippen molar-refractivity contribution < 1.29 is 28.8 Å². The van der Waals surface area contributed by atoms with Crippen LogP contribution in [0, 0.1) is 0 Å². The van der Waals surface area contributed by atoms with Gasteiger partial charge in [0.25, 0.3) is 0 Å². The van der Waals surface area contributed by atoms with Crippen LogP contribution >= 0.6 is 0 Å². The summed E-state index contributed by atoms with van der Waals surface area (Å²) in [6.45, 7) is 3.21. The van der Waals surface area contributed by atoms with Crippen molar-refractivity contribution in [2.75, 3.05) is 19.6 Å². The molecule has 0 bridgehead atoms. The second-order valence-corrected chi connectivity index (χ2v) is 19.9. The van der Waals surface area contributed by atoms with Gasteiger partial charge in [-0.25, -0.2) is 0 Å². The Labute approximate surface area is 443 Å². The van der Waals surface area contributed by atoms with E-state index in [-0.39, 0.29) is 56.9 Å². The van der Waals surface area contributed by atoms with Crippen LogP contribution in [0.15, 0.2) is 65.9 Å². The number of benzene rings is 2. The van der Waals surface area contributed by atoms with Crippen LogP contribution in [-0.4, -0.2) is 101 Å². The molecule has 0 fully saturated rings. The highest BCUT2D eigenvalue weighted by Gasteiger charge is 2.33. The van der Waals surface area contributed by atoms with Gasteiger partial charge >= 0.3 is 0 Å². The fourth-order valence-electron chi connectivity index (χ4n) is 9.43. The fourth-order valence-corrected chi connectivity index (χ4v) is 9.43. The van der Waals surface area contributed by atoms with E-state index in [1.54, 1.807) is 12.4 Å². The molecular formula is C56H89N13O6. The van der Waals surface area contributed by atoms with Gasteiger partial charge in [0, 0.05) is 60.0 Å². The predicted molar refractivity (Wildman–Crippen MR) is 299 cm³/mol. The molecule has 19 nitrogen and oxygen atoms in total. The number of carbonyl (C=O) groups is 6. The van der Waals surface area contributed by atoms with Crippen LogP contribution in [0.1, 0.15) is 159 Å². The molecule has 0 saturated carbocycles. The van der Waals surface area contributed by atoms with E-state index in [9.17, 15) is 28.8 Å². The monoisotopic (exact) mass is 1040 g/mol. The topological polar surface area (TPSA) is 337 Å². The maximum absolute atomic E-state index is 14.8. The molecule has 0 aliphatic heterocycles. The third-order valence-electron chi connectivity index (χ3n) is 13.8. The highest BCUT2D eigenvalue weighted by molar-refractivity contribution is 5.97. The van der Waals surface area contributed by atoms with Crippen LogP contribution in [0.2, 0.25) is 0 Å². The lowest BCUT2D eigenvalue weighted by molar-refractivity contribution is -0.135. The third kappa shape index (κ3) is 22.5. The van der Waals surface area contributed by atoms with Crippen molar-refractivity contribution in [2.45, 2.75) is 191 Å². The van der Waals surface area contributed by atoms with E-state index in [1.807, 2.05) is 48.5 Å². The largest absolute Gasteiger partial charge is 0.370 e. The second kappa shape index (κ2) is 34.9. The van der Waals surface area contributed by atoms with E-state index >= 15 is 0 Å². The van der Waals surface area contributed by atoms with Crippen molar-refractivity contribution in [1.82, 2.24) is 36.6 Å². The number of nitrogens with zero attached hydrogens (tertiary/aromatic N) is 1. The first-order valence-electron chi connectivity index (χ1n) is 27.7. The summed E-state index contributed by atoms with van der Waals surface area (Å²) in [6.07, 6.45) is 22.2. The number of aromatic nitrogens is 2. The van der Waals surface area contributed by atoms with E-state index in [4.69, 9.17) is 28.7 Å². The highest BCUT2D eigenvalue weighted by atomic mass is 16.2. The number of aromatic amines is 2. The van der Waals surface area contributed by atoms with Gasteiger partial charge in [-0.3, -0.25) is 33.8 Å². The molecule has 5 atom stereocenters. The summed E-state index contributed by atoms with van der Waals surface area (Å²) in [5, 5.41) is 16.1. The number of guanidine groups is 1. The summed E-state index contributed by atoms with van der Waals surface area (Å²) in [4.78, 5) is 94.5. The molecule has 414 valence electrons. The average Bonchev–Trinajstić information content (AvgIpc) is 4.00. The number of hydrogen-bond donors (Lipinski definition) is 12. The zero-order valence-electron chi connectivity index (χ0n) is 44.5. The van der Waals surface area contributed by atoms with Gasteiger partial charge < -0.3 is 65.2 Å². The quantitative estimate of drug-likeness (QED) is 0.0158. The first-order chi connectivity index (χ1) is 36.3. The van der Waals surface area contributed by atoms with Crippen LogP contribution in [0.25, 0.3) is 21.8 Å². The number of primary amides is 1. The Balaban J connectivity index is 1.53. The number of H-pyrrole nitrogens is 2. The zero-order chi connectivity index (χ0) is 54.2. The standard InChI is InChI=1S/C56H89N13O6/c1-2-3-4-5-6-7-8-9-10-11-12-13-14-31-50(70)65-46(30-23-34-62-56(60)61)52(72)67-47(29-20-22-33-58)53(73)68-49(36-40-38-64-44-27-18-16-25-42(40)44)55(75)69-48(35-39-37-63-43-26-17-15-24-41(39)43)54(74)66-45(51(59)71)28-19-21-32-57/h15-18,24-27,37-38,45-49,63-64H,2-14,19-23,28-36,57-58H2,1H3,(H2,59,71)(H,65,70)(H,66,74)(H,67,72)(H,68,73)(H,69,75)(H4,60,61,62)/t45-,46-,47-,48-,49-/m0/s1. The SMILES string of the molecule is CCCCCCCCCCCCCCCC(=O)N[C@@H](CCCN=C(N)N)C(=O)N[C@@H](CCCCN)C(=O)N[C@@H](Cc1c[nH]c2ccccc12)C(=O)N[C@@H](Cc1c[nH]c2ccccc12)C(=O)N[C@@H](CCCCN)C(N)=O. The van der Waals surface area contributed by atoms with Gasteiger partial charge in [-0.1, -0.05) is 120 Å². The lowest BCUT2D eigenvalue weighted by Crippen LogP contribution is -2.59. The molecule has 2 aromatic carbocycles. The van der Waals surface area contributed by atoms with Crippen LogP contribution in [0.3, 0.4) is 0 Å². The Hall–Kier alpha value is -6.47. The fraction of sp³-hybridized carbons (Fsp3) is 0.589. The number of rotatable bonds is 40. The van der Waals surface area contributed by atoms with Crippen LogP contribution in [0.5, 0.6) is 0 Å². The smallest absolute Gasteiger partial charge is 0.243 e. The summed E-state index contributed by atoms with van der Waals surface area (Å²) < 4.78 is 0. The molecular weight excluding hydrogens is 951 g/mol. The third-order valence-corrected chi connectivity index (χ3v) is 13.8. The normalized spacial score (nSPS) is 13.3. The van der Waals surface area contributed by atoms with Crippen LogP contribution in [0.4, 0.5) is 0 Å². The Morgan fingerprint density at radius 1 is 0.480 bits per heavy atom. The summed E-state index contributed by atoms with van der Waals surface area (Å²) >= 11 is 0. The molecule has 4 aromatic rings. The second-order valence-electron chi connectivity index (χ2n) is 19.9. The summed E-state index contributed by atoms with van der Waals surface area (Å²) in [6, 6.07) is 9.42. The van der Waals surface area contributed by atoms with Crippen LogP contribution in [-0.2, 0) is 41.6 Å². The lowest BCUT2D eigenvalue weighted by atomic mass is 10.00. The van der Waals surface area contributed by atoms with E-state index in [0.717, 1.165) is 46.6 Å². The van der Waals surface area contributed by atoms with Crippen molar-refractivity contribution >= 4 is 63.2 Å². The number of para-hydroxylation sites is 2. The Morgan fingerprint density at radius 2 is 0.880 bits per heavy atom. The zero-order valence-corrected chi connectivity index (χ0v) is 44.5. The summed E-state index contributed by atoms with van der Waals surface area (Å²) in [5.41, 5.74) is 31.6. The molecule has 4 rings (SSSR count). The maximum Gasteiger partial charge on any atom is 0.243 e. The number of fused-ring (bicyclic) bond motifs is 2. The maximum atomic E-state index is 14.8. The first kappa shape index (κ1) is 61.1. The number of unbranched alkanes of at least 4 members (excludes halogenated alkanes) is 14. The molecule has 17 N–H and O–H groups in total. The number of aliphatic imine (C=N–C) groups is 1. The average molecular weight is 1040 g/mol. The predicted octanol–water partition coefficient (Wildman–Crippen LogP) is 5.14. The van der Waals surface area contributed by atoms with Gasteiger partial charge in [0.05, 0.1) is 0 Å². The van der Waals surface area contributed by atoms with Gasteiger partial charge in [0.2, 0.25) is 35.4 Å². The minimum Gasteiger partial charge on any atom is -0.370 e. The number of nitrogens with two attached hydrogens (primary N) is 5. The number of hydrogen-bond acceptors (Lipinski definition) is 9. The van der Waals surface area contributed by atoms with Crippen molar-refractivity contribution in [3.63, 3.8) is 0 Å². The summed E-state index contributed by atoms with van der Waals surface area (Å²) in [7, 11) is 0. The Morgan fingerprint density at radius 3 is 1.35 bits per heavy atom. The summed E-state index contributed by atoms with van der Waals surface area (Å²) in [5.74, 6) is -3.64. The van der Waals surface area contributed by atoms with E-state index in [2.05, 4.69) is 48.5 Å². The van der Waals surface area contributed by atoms with Gasteiger partial charge in [-0.15, -0.1) is 0 Å². The van der Waals surface area contributed by atoms with Crippen molar-refractivity contribution in [1.29, 1.82) is 0 Å². The van der Waals surface area contributed by atoms with E-state index in [0.29, 0.717) is 57.2 Å². The number of amides is 6. The minimum atomic E-state index is -1.27. The van der Waals surface area contributed by atoms with Crippen molar-refractivity contribution in [3.05, 3.63) is 72.1 Å². The molecule has 0 aliphatic carbocycles. The highest BCUT2D eigenvalue weighted by Crippen LogP contribution is 2.22. The molecule has 0 saturated heterocycles. The first-order valence-corrected chi connectivity index (χ1v) is 27.7. The molecule has 6 amide bonds. The molecule has 2 aromatic heterocycles. The molecule has 0 unspecified atom stereocenters. The molecule has 2 heterocycles. The molecule has 0 aliphatic rings. The minimum absolute atomic E-state index is 0.00184. The van der Waals surface area contributed by atoms with Gasteiger partial charge in [-0.05, 0) is 94.1 Å². The molecule has 75 heavy (non-hydrogen) atoms. The van der Waals surface area contributed by atoms with Crippen molar-refractivity contribution in [2.24, 2.45) is 33.7 Å². The molecule has 0 spiro atoms. The van der Waals surface area contributed by atoms with Gasteiger partial charge in [-0.2, -0.15) is 0 Å². The Bertz CT molecular complexity index is 2380. The van der Waals surface area contributed by atoms with Crippen LogP contribution < -0.4 is 55.3 Å². The number of nitrogens with one attached hydrogen (secondary N) is 7. The van der Waals surface area contributed by atoms with Gasteiger partial charge in [0.1, 0.15) is 30.2 Å². The van der Waals surface area contributed by atoms with E-state index < -0.39 is 59.7 Å². The Kier molecular flexibility index (Phi) is 28.4. The van der Waals surface area contributed by atoms with Gasteiger partial charge in [0.15, 0.2) is 5.96 Å². The lowest BCUT2D eigenvalue weighted by Gasteiger charge is -2.27. The molecule has 0 radical (unpaired) electrons. The number of carbonyl (C=O) groups excluding carboxylic acids is 6. The van der Waals surface area contributed by atoms with E-state index in [1.165, 1.54) is 57.8 Å². The molecule has 19 heteroatoms. The van der Waals surface area contributed by atoms with Crippen molar-refractivity contribution in [3.8, 4) is 0 Å².